The van der Waals surface area contributed by atoms with Gasteiger partial charge in [-0.2, -0.15) is 0 Å². The summed E-state index contributed by atoms with van der Waals surface area (Å²) in [6.07, 6.45) is 2.49. The van der Waals surface area contributed by atoms with Crippen LogP contribution in [0.25, 0.3) is 11.3 Å². The molecular formula is C23H24N2O4. The molecule has 0 atom stereocenters. The Morgan fingerprint density at radius 1 is 1.03 bits per heavy atom. The number of nitrogens with zero attached hydrogens (tertiary/aromatic N) is 2. The van der Waals surface area contributed by atoms with E-state index >= 15 is 0 Å². The van der Waals surface area contributed by atoms with Crippen molar-refractivity contribution >= 4 is 11.9 Å². The van der Waals surface area contributed by atoms with Crippen LogP contribution in [0.15, 0.2) is 65.2 Å². The van der Waals surface area contributed by atoms with Crippen LogP contribution in [0, 0.1) is 0 Å². The van der Waals surface area contributed by atoms with Crippen LogP contribution in [0.4, 0.5) is 0 Å². The summed E-state index contributed by atoms with van der Waals surface area (Å²) in [5.74, 6) is -0.0758. The first-order valence-corrected chi connectivity index (χ1v) is 9.60. The first-order valence-electron chi connectivity index (χ1n) is 9.60. The highest BCUT2D eigenvalue weighted by molar-refractivity contribution is 5.87. The number of amides is 1. The average molecular weight is 392 g/mol. The number of rotatable bonds is 9. The van der Waals surface area contributed by atoms with Crippen molar-refractivity contribution in [3.63, 3.8) is 0 Å². The van der Waals surface area contributed by atoms with Crippen molar-refractivity contribution in [1.29, 1.82) is 0 Å². The monoisotopic (exact) mass is 392 g/mol. The number of carboxylic acid groups (broad SMARTS) is 1. The van der Waals surface area contributed by atoms with E-state index < -0.39 is 5.97 Å². The Bertz CT molecular complexity index is 949. The minimum atomic E-state index is -0.949. The van der Waals surface area contributed by atoms with Crippen LogP contribution >= 0.6 is 0 Å². The summed E-state index contributed by atoms with van der Waals surface area (Å²) in [5, 5.41) is 13.0. The third-order valence-corrected chi connectivity index (χ3v) is 4.80. The zero-order valence-corrected chi connectivity index (χ0v) is 16.4. The number of aryl methyl sites for hydroxylation is 2. The first-order chi connectivity index (χ1) is 14.0. The lowest BCUT2D eigenvalue weighted by Crippen LogP contribution is -2.28. The maximum Gasteiger partial charge on any atom is 0.335 e. The number of aromatic nitrogens is 1. The Balaban J connectivity index is 1.41. The molecule has 2 aromatic carbocycles. The lowest BCUT2D eigenvalue weighted by molar-refractivity contribution is -0.129. The average Bonchev–Trinajstić information content (AvgIpc) is 3.21. The van der Waals surface area contributed by atoms with Crippen LogP contribution in [-0.2, 0) is 17.6 Å². The Labute approximate surface area is 169 Å². The van der Waals surface area contributed by atoms with E-state index in [1.54, 1.807) is 36.2 Å². The summed E-state index contributed by atoms with van der Waals surface area (Å²) in [6, 6.07) is 18.4. The van der Waals surface area contributed by atoms with Gasteiger partial charge in [0.1, 0.15) is 11.5 Å². The summed E-state index contributed by atoms with van der Waals surface area (Å²) in [6.45, 7) is 0.637. The Morgan fingerprint density at radius 3 is 2.45 bits per heavy atom. The standard InChI is InChI=1S/C23H24N2O4/c1-25(22(26)14-11-17-9-12-19(13-10-17)23(27)28)15-5-8-20-16-21(24-29-20)18-6-3-2-4-7-18/h2-4,6-7,9-10,12-13,16H,5,8,11,14-15H2,1H3,(H,27,28). The van der Waals surface area contributed by atoms with Crippen molar-refractivity contribution in [2.45, 2.75) is 25.7 Å². The van der Waals surface area contributed by atoms with E-state index in [0.717, 1.165) is 29.0 Å². The second-order valence-corrected chi connectivity index (χ2v) is 6.97. The van der Waals surface area contributed by atoms with Crippen molar-refractivity contribution < 1.29 is 19.2 Å². The summed E-state index contributed by atoms with van der Waals surface area (Å²) < 4.78 is 5.40. The van der Waals surface area contributed by atoms with Gasteiger partial charge in [0, 0.05) is 38.1 Å². The van der Waals surface area contributed by atoms with Crippen LogP contribution in [0.3, 0.4) is 0 Å². The quantitative estimate of drug-likeness (QED) is 0.594. The van der Waals surface area contributed by atoms with E-state index in [1.807, 2.05) is 36.4 Å². The van der Waals surface area contributed by atoms with Crippen molar-refractivity contribution in [1.82, 2.24) is 10.1 Å². The maximum atomic E-state index is 12.3. The molecule has 6 nitrogen and oxygen atoms in total. The molecule has 3 aromatic rings. The molecule has 0 bridgehead atoms. The molecule has 0 saturated heterocycles. The molecule has 1 heterocycles. The van der Waals surface area contributed by atoms with Gasteiger partial charge in [-0.15, -0.1) is 0 Å². The lowest BCUT2D eigenvalue weighted by atomic mass is 10.1. The van der Waals surface area contributed by atoms with Gasteiger partial charge in [-0.25, -0.2) is 4.79 Å². The molecule has 6 heteroatoms. The van der Waals surface area contributed by atoms with Gasteiger partial charge in [-0.3, -0.25) is 4.79 Å². The van der Waals surface area contributed by atoms with Crippen LogP contribution in [0.5, 0.6) is 0 Å². The van der Waals surface area contributed by atoms with E-state index in [-0.39, 0.29) is 11.5 Å². The third-order valence-electron chi connectivity index (χ3n) is 4.80. The molecule has 0 radical (unpaired) electrons. The predicted octanol–water partition coefficient (Wildman–Crippen LogP) is 4.06. The second kappa shape index (κ2) is 9.68. The number of carbonyl (C=O) groups excluding carboxylic acids is 1. The van der Waals surface area contributed by atoms with E-state index in [0.29, 0.717) is 25.8 Å². The SMILES string of the molecule is CN(CCCc1cc(-c2ccccc2)no1)C(=O)CCc1ccc(C(=O)O)cc1. The molecule has 1 amide bonds. The highest BCUT2D eigenvalue weighted by Crippen LogP contribution is 2.19. The number of aromatic carboxylic acids is 1. The van der Waals surface area contributed by atoms with Gasteiger partial charge < -0.3 is 14.5 Å². The molecule has 3 rings (SSSR count). The first kappa shape index (κ1) is 20.3. The van der Waals surface area contributed by atoms with Gasteiger partial charge in [-0.05, 0) is 30.5 Å². The summed E-state index contributed by atoms with van der Waals surface area (Å²) in [5.41, 5.74) is 3.04. The molecule has 1 aromatic heterocycles. The molecule has 0 unspecified atom stereocenters. The minimum absolute atomic E-state index is 0.0647. The van der Waals surface area contributed by atoms with Gasteiger partial charge in [0.25, 0.3) is 0 Å². The molecule has 29 heavy (non-hydrogen) atoms. The fraction of sp³-hybridized carbons (Fsp3) is 0.261. The highest BCUT2D eigenvalue weighted by Gasteiger charge is 2.11. The molecule has 0 aliphatic heterocycles. The number of hydrogen-bond acceptors (Lipinski definition) is 4. The molecule has 0 fully saturated rings. The van der Waals surface area contributed by atoms with Gasteiger partial charge >= 0.3 is 5.97 Å². The van der Waals surface area contributed by atoms with Crippen molar-refractivity contribution in [3.8, 4) is 11.3 Å². The Hall–Kier alpha value is -3.41. The fourth-order valence-electron chi connectivity index (χ4n) is 3.05. The molecule has 150 valence electrons. The summed E-state index contributed by atoms with van der Waals surface area (Å²) in [4.78, 5) is 24.9. The van der Waals surface area contributed by atoms with E-state index in [2.05, 4.69) is 5.16 Å². The Kier molecular flexibility index (Phi) is 6.79. The maximum absolute atomic E-state index is 12.3. The van der Waals surface area contributed by atoms with Crippen molar-refractivity contribution in [2.24, 2.45) is 0 Å². The van der Waals surface area contributed by atoms with Gasteiger partial charge in [0.2, 0.25) is 5.91 Å². The summed E-state index contributed by atoms with van der Waals surface area (Å²) >= 11 is 0. The van der Waals surface area contributed by atoms with Crippen LogP contribution < -0.4 is 0 Å². The lowest BCUT2D eigenvalue weighted by Gasteiger charge is -2.16. The molecule has 1 N–H and O–H groups in total. The van der Waals surface area contributed by atoms with Crippen molar-refractivity contribution in [3.05, 3.63) is 77.6 Å². The fourth-order valence-corrected chi connectivity index (χ4v) is 3.05. The molecule has 0 saturated carbocycles. The van der Waals surface area contributed by atoms with Crippen LogP contribution in [-0.4, -0.2) is 40.6 Å². The van der Waals surface area contributed by atoms with Gasteiger partial charge in [0.05, 0.1) is 5.56 Å². The van der Waals surface area contributed by atoms with Gasteiger partial charge in [0.15, 0.2) is 0 Å². The van der Waals surface area contributed by atoms with E-state index in [4.69, 9.17) is 9.63 Å². The highest BCUT2D eigenvalue weighted by atomic mass is 16.5. The molecule has 0 aliphatic carbocycles. The molecule has 0 spiro atoms. The van der Waals surface area contributed by atoms with Crippen molar-refractivity contribution in [2.75, 3.05) is 13.6 Å². The number of hydrogen-bond donors (Lipinski definition) is 1. The second-order valence-electron chi connectivity index (χ2n) is 6.97. The largest absolute Gasteiger partial charge is 0.478 e. The zero-order valence-electron chi connectivity index (χ0n) is 16.4. The number of carboxylic acids is 1. The van der Waals surface area contributed by atoms with Crippen LogP contribution in [0.1, 0.15) is 34.5 Å². The predicted molar refractivity (Wildman–Crippen MR) is 110 cm³/mol. The zero-order chi connectivity index (χ0) is 20.6. The van der Waals surface area contributed by atoms with E-state index in [1.165, 1.54) is 0 Å². The number of carbonyl (C=O) groups is 2. The van der Waals surface area contributed by atoms with E-state index in [9.17, 15) is 9.59 Å². The van der Waals surface area contributed by atoms with Crippen LogP contribution in [0.2, 0.25) is 0 Å². The topological polar surface area (TPSA) is 83.6 Å². The van der Waals surface area contributed by atoms with Gasteiger partial charge in [-0.1, -0.05) is 47.6 Å². The third kappa shape index (κ3) is 5.78. The number of benzene rings is 2. The Morgan fingerprint density at radius 2 is 1.76 bits per heavy atom. The summed E-state index contributed by atoms with van der Waals surface area (Å²) in [7, 11) is 1.80. The normalized spacial score (nSPS) is 10.7. The molecular weight excluding hydrogens is 368 g/mol. The smallest absolute Gasteiger partial charge is 0.335 e. The minimum Gasteiger partial charge on any atom is -0.478 e. The molecule has 0 aliphatic rings.